The van der Waals surface area contributed by atoms with Crippen molar-refractivity contribution >= 4 is 12.4 Å². The van der Waals surface area contributed by atoms with Gasteiger partial charge in [0, 0.05) is 6.57 Å². The lowest BCUT2D eigenvalue weighted by Crippen LogP contribution is -0.569. The Balaban J connectivity index is -0.00000000500. The van der Waals surface area contributed by atoms with Crippen molar-refractivity contribution in [2.45, 2.75) is 0 Å². The van der Waals surface area contributed by atoms with E-state index >= 15 is 0 Å². The van der Waals surface area contributed by atoms with E-state index in [-0.39, 0.29) is 17.1 Å². The molecule has 0 saturated heterocycles. The highest BCUT2D eigenvalue weighted by Gasteiger charge is 0.513. The summed E-state index contributed by atoms with van der Waals surface area (Å²) in [6.45, 7) is 3.50. The van der Waals surface area contributed by atoms with Crippen LogP contribution in [0.25, 0.3) is 0 Å². The second kappa shape index (κ2) is 94.2. The molecule has 0 bridgehead atoms. The Bertz CT molecular complexity index is 12.8. The van der Waals surface area contributed by atoms with Crippen LogP contribution in [0.3, 0.4) is 0 Å². The van der Waals surface area contributed by atoms with Gasteiger partial charge in [-0.05, 0) is 0 Å². The van der Waals surface area contributed by atoms with Gasteiger partial charge in [-0.1, -0.05) is 0 Å². The highest BCUT2D eigenvalue weighted by molar-refractivity contribution is 5.85. The van der Waals surface area contributed by atoms with Gasteiger partial charge in [0.2, 0.25) is 0 Å². The van der Waals surface area contributed by atoms with E-state index in [1.807, 2.05) is 0 Å². The van der Waals surface area contributed by atoms with Crippen LogP contribution in [0.4, 0.5) is 4.70 Å². The molecule has 0 atom stereocenters. The number of halogens is 2. The van der Waals surface area contributed by atoms with Gasteiger partial charge in [0.05, 0.1) is 0 Å². The molecule has 0 aliphatic heterocycles. The molecule has 0 N–H and O–H groups in total. The zero-order chi connectivity index (χ0) is 2.00. The van der Waals surface area contributed by atoms with E-state index in [4.69, 9.17) is 5.26 Å². The molecule has 0 radical (unpaired) electrons. The molecule has 0 rings (SSSR count). The number of nitrogens with zero attached hydrogens (tertiary/aromatic N) is 1. The van der Waals surface area contributed by atoms with Gasteiger partial charge in [-0.15, -0.1) is 12.4 Å². The molecule has 0 spiro atoms. The molecule has 0 aliphatic rings. The third-order valence-corrected chi connectivity index (χ3v) is 0. The molecule has 0 aromatic rings. The molecule has 0 aliphatic carbocycles. The van der Waals surface area contributed by atoms with Crippen LogP contribution in [0.1, 0.15) is 0 Å². The molecule has 3 heteroatoms. The zero-order valence-corrected chi connectivity index (χ0v) is 2.66. The van der Waals surface area contributed by atoms with Crippen LogP contribution in [0.5, 0.6) is 0 Å². The van der Waals surface area contributed by atoms with Gasteiger partial charge in [-0.2, -0.15) is 0 Å². The predicted molar refractivity (Wildman–Crippen MR) is 16.4 cm³/mol. The van der Waals surface area contributed by atoms with Crippen LogP contribution in [0, 0.1) is 11.8 Å². The first-order valence-electron chi connectivity index (χ1n) is 0.258. The molecule has 0 heterocycles. The van der Waals surface area contributed by atoms with Crippen molar-refractivity contribution in [3.05, 3.63) is 0 Å². The third kappa shape index (κ3) is 10.2. The van der Waals surface area contributed by atoms with Gasteiger partial charge in [0.25, 0.3) is 0 Å². The van der Waals surface area contributed by atoms with Crippen molar-refractivity contribution in [1.82, 2.24) is 0 Å². The van der Waals surface area contributed by atoms with Crippen molar-refractivity contribution < 1.29 is 4.70 Å². The van der Waals surface area contributed by atoms with E-state index in [1.165, 1.54) is 0 Å². The Labute approximate surface area is 30.0 Å². The lowest BCUT2D eigenvalue weighted by atomic mass is 11.9. The van der Waals surface area contributed by atoms with Crippen molar-refractivity contribution in [3.8, 4) is 6.57 Å². The molecule has 0 amide bonds. The Morgan fingerprint density at radius 1 is 1.25 bits per heavy atom. The summed E-state index contributed by atoms with van der Waals surface area (Å²) in [4.78, 5) is 0. The highest BCUT2D eigenvalue weighted by Crippen LogP contribution is 0.690. The molecular weight excluding hydrogens is 80.5 g/mol. The van der Waals surface area contributed by atoms with Crippen molar-refractivity contribution in [3.63, 3.8) is 0 Å². The molecule has 0 saturated carbocycles. The maximum atomic E-state index is 6.50. The Hall–Kier alpha value is -0.290. The number of rotatable bonds is 0. The Kier molecular flexibility index (Phi) is 1270. The minimum atomic E-state index is 0. The van der Waals surface area contributed by atoms with Crippen molar-refractivity contribution in [1.29, 1.82) is 5.26 Å². The van der Waals surface area contributed by atoms with Crippen LogP contribution >= 0.6 is 12.4 Å². The monoisotopic (exact) mass is 83.0 g/mol. The Morgan fingerprint density at radius 2 is 1.25 bits per heavy atom. The van der Waals surface area contributed by atoms with E-state index in [9.17, 15) is 0 Å². The molecule has 0 aromatic heterocycles. The topological polar surface area (TPSA) is 23.8 Å². The molecular formula is CH3ClFN. The SMILES string of the molecule is C#N.Cl.F. The predicted octanol–water partition coefficient (Wildman–Crippen LogP) is 0.714. The maximum Gasteiger partial charge on any atom is 0.0462 e. The second-order valence-corrected chi connectivity index (χ2v) is 0. The van der Waals surface area contributed by atoms with Crippen LogP contribution < -0.4 is 0 Å². The summed E-state index contributed by atoms with van der Waals surface area (Å²) in [6, 6.07) is 0. The van der Waals surface area contributed by atoms with E-state index in [1.54, 1.807) is 0 Å². The van der Waals surface area contributed by atoms with Gasteiger partial charge in [-0.25, -0.2) is 5.26 Å². The zero-order valence-electron chi connectivity index (χ0n) is 1.84. The fraction of sp³-hybridized carbons (Fsp3) is 0. The second-order valence-electron chi connectivity index (χ2n) is 0. The summed E-state index contributed by atoms with van der Waals surface area (Å²) in [7, 11) is 0. The first kappa shape index (κ1) is 54.1. The lowest BCUT2D eigenvalue weighted by molar-refractivity contribution is 1.11. The molecule has 0 fully saturated rings. The molecule has 1 nitrogen and oxygen atoms in total. The normalized spacial score (nSPS) is 0.500. The Morgan fingerprint density at radius 3 is 1.25 bits per heavy atom. The standard InChI is InChI=1S/CHN.ClH.FH/c1-2;;/h1H;2*1H. The fourth-order valence-corrected chi connectivity index (χ4v) is 0. The number of nitriles is 1. The summed E-state index contributed by atoms with van der Waals surface area (Å²) < 4.78 is 0. The summed E-state index contributed by atoms with van der Waals surface area (Å²) in [5.74, 6) is 0. The summed E-state index contributed by atoms with van der Waals surface area (Å²) >= 11 is 0. The minimum absolute atomic E-state index is 0. The maximum absolute atomic E-state index is 6.50. The molecule has 0 aromatic carbocycles. The average Bonchev–Trinajstić information content (AvgIpc) is 1.00. The largest absolute Gasteiger partial charge is 0.269 e. The van der Waals surface area contributed by atoms with Gasteiger partial charge in [0.15, 0.2) is 0 Å². The first-order valence-corrected chi connectivity index (χ1v) is 0.258. The first-order chi connectivity index (χ1) is 1.00. The highest BCUT2D eigenvalue weighted by atomic mass is 35.5. The summed E-state index contributed by atoms with van der Waals surface area (Å²) in [5, 5.41) is 6.50. The van der Waals surface area contributed by atoms with Gasteiger partial charge in [0.1, 0.15) is 0 Å². The smallest absolute Gasteiger partial charge is 0.0462 e. The molecule has 0 unspecified atom stereocenters. The van der Waals surface area contributed by atoms with Gasteiger partial charge < -0.3 is 0 Å². The fourth-order valence-electron chi connectivity index (χ4n) is 0. The van der Waals surface area contributed by atoms with E-state index in [0.717, 1.165) is 0 Å². The van der Waals surface area contributed by atoms with Crippen molar-refractivity contribution in [2.24, 2.45) is 0 Å². The summed E-state index contributed by atoms with van der Waals surface area (Å²) in [5.41, 5.74) is 0. The molecule has 26 valence electrons. The number of hydrogen-bond donors (Lipinski definition) is 0. The van der Waals surface area contributed by atoms with Crippen LogP contribution in [-0.2, 0) is 0 Å². The van der Waals surface area contributed by atoms with Crippen molar-refractivity contribution in [2.75, 3.05) is 0 Å². The quantitative estimate of drug-likeness (QED) is 0.423. The van der Waals surface area contributed by atoms with Crippen LogP contribution in [-0.4, -0.2) is 0 Å². The average molecular weight is 83.5 g/mol. The van der Waals surface area contributed by atoms with E-state index in [0.29, 0.717) is 0 Å². The third-order valence-electron chi connectivity index (χ3n) is 0. The van der Waals surface area contributed by atoms with Crippen LogP contribution in [0.2, 0.25) is 0 Å². The van der Waals surface area contributed by atoms with E-state index < -0.39 is 0 Å². The van der Waals surface area contributed by atoms with E-state index in [2.05, 4.69) is 6.57 Å². The lowest BCUT2D eigenvalue weighted by Gasteiger charge is -0.668. The van der Waals surface area contributed by atoms with Gasteiger partial charge >= 0.3 is 0 Å². The van der Waals surface area contributed by atoms with Crippen LogP contribution in [0.15, 0.2) is 0 Å². The van der Waals surface area contributed by atoms with Gasteiger partial charge in [-0.3, -0.25) is 4.70 Å². The summed E-state index contributed by atoms with van der Waals surface area (Å²) in [6.07, 6.45) is 0. The molecule has 4 heavy (non-hydrogen) atoms. The minimum Gasteiger partial charge on any atom is -0.269 e. The number of hydrogen-bond acceptors (Lipinski definition) is 1.